The normalized spacial score (nSPS) is 14.8. The minimum absolute atomic E-state index is 0.159. The van der Waals surface area contributed by atoms with E-state index in [-0.39, 0.29) is 12.5 Å². The maximum Gasteiger partial charge on any atom is 0.253 e. The first-order valence-corrected chi connectivity index (χ1v) is 8.52. The Hall–Kier alpha value is -2.44. The molecule has 1 unspecified atom stereocenters. The zero-order chi connectivity index (χ0) is 17.8. The van der Waals surface area contributed by atoms with Crippen LogP contribution in [0.5, 0.6) is 0 Å². The first-order chi connectivity index (χ1) is 12.1. The molecule has 6 heteroatoms. The average Bonchev–Trinajstić information content (AvgIpc) is 2.99. The van der Waals surface area contributed by atoms with E-state index in [4.69, 9.17) is 0 Å². The lowest BCUT2D eigenvalue weighted by Gasteiger charge is -2.17. The molecule has 0 saturated heterocycles. The van der Waals surface area contributed by atoms with Crippen LogP contribution in [0.4, 0.5) is 5.69 Å². The number of anilines is 1. The standard InChI is InChI=1S/C19H24N4O2/c1-3-20-16-6-4-13(5-7-16)18(12-24)22-19(25)14-8-15-10-23(2)11-17(15)21-9-14/h4-9,18,20,24H,3,10-12H2,1-2H3,(H,22,25). The summed E-state index contributed by atoms with van der Waals surface area (Å²) in [5.74, 6) is -0.223. The first-order valence-electron chi connectivity index (χ1n) is 8.52. The largest absolute Gasteiger partial charge is 0.394 e. The third kappa shape index (κ3) is 3.97. The summed E-state index contributed by atoms with van der Waals surface area (Å²) in [6.45, 7) is 4.34. The minimum atomic E-state index is -0.445. The van der Waals surface area contributed by atoms with Crippen LogP contribution in [0.15, 0.2) is 36.5 Å². The summed E-state index contributed by atoms with van der Waals surface area (Å²) in [7, 11) is 2.03. The molecule has 132 valence electrons. The Morgan fingerprint density at radius 2 is 2.08 bits per heavy atom. The van der Waals surface area contributed by atoms with Gasteiger partial charge in [0.2, 0.25) is 0 Å². The van der Waals surface area contributed by atoms with Crippen LogP contribution in [0.25, 0.3) is 0 Å². The van der Waals surface area contributed by atoms with Crippen LogP contribution in [-0.2, 0) is 13.1 Å². The van der Waals surface area contributed by atoms with Crippen LogP contribution < -0.4 is 10.6 Å². The molecule has 6 nitrogen and oxygen atoms in total. The van der Waals surface area contributed by atoms with Crippen molar-refractivity contribution >= 4 is 11.6 Å². The topological polar surface area (TPSA) is 77.5 Å². The highest BCUT2D eigenvalue weighted by Crippen LogP contribution is 2.21. The number of pyridine rings is 1. The van der Waals surface area contributed by atoms with E-state index in [0.29, 0.717) is 5.56 Å². The molecule has 25 heavy (non-hydrogen) atoms. The molecule has 0 saturated carbocycles. The lowest BCUT2D eigenvalue weighted by molar-refractivity contribution is 0.0915. The fraction of sp³-hybridized carbons (Fsp3) is 0.368. The average molecular weight is 340 g/mol. The van der Waals surface area contributed by atoms with Gasteiger partial charge in [0.15, 0.2) is 0 Å². The van der Waals surface area contributed by atoms with E-state index in [0.717, 1.165) is 42.1 Å². The maximum absolute atomic E-state index is 12.5. The van der Waals surface area contributed by atoms with Gasteiger partial charge in [0.25, 0.3) is 5.91 Å². The molecule has 1 amide bonds. The van der Waals surface area contributed by atoms with Crippen LogP contribution >= 0.6 is 0 Å². The number of benzene rings is 1. The number of nitrogens with zero attached hydrogens (tertiary/aromatic N) is 2. The van der Waals surface area contributed by atoms with E-state index in [1.54, 1.807) is 6.20 Å². The number of rotatable bonds is 6. The van der Waals surface area contributed by atoms with Crippen LogP contribution in [0.1, 0.15) is 40.1 Å². The number of hydrogen-bond donors (Lipinski definition) is 3. The molecule has 1 aromatic heterocycles. The maximum atomic E-state index is 12.5. The Labute approximate surface area is 147 Å². The third-order valence-corrected chi connectivity index (χ3v) is 4.36. The summed E-state index contributed by atoms with van der Waals surface area (Å²) in [5, 5.41) is 15.8. The van der Waals surface area contributed by atoms with E-state index >= 15 is 0 Å². The van der Waals surface area contributed by atoms with Crippen molar-refractivity contribution in [2.75, 3.05) is 25.5 Å². The van der Waals surface area contributed by atoms with Gasteiger partial charge in [-0.1, -0.05) is 12.1 Å². The molecule has 0 bridgehead atoms. The van der Waals surface area contributed by atoms with E-state index in [1.807, 2.05) is 44.3 Å². The number of aliphatic hydroxyl groups is 1. The summed E-state index contributed by atoms with van der Waals surface area (Å²) in [4.78, 5) is 19.1. The van der Waals surface area contributed by atoms with Crippen molar-refractivity contribution in [2.45, 2.75) is 26.1 Å². The predicted octanol–water partition coefficient (Wildman–Crippen LogP) is 1.92. The van der Waals surface area contributed by atoms with Gasteiger partial charge in [0.1, 0.15) is 0 Å². The summed E-state index contributed by atoms with van der Waals surface area (Å²) >= 11 is 0. The van der Waals surface area contributed by atoms with Gasteiger partial charge in [-0.2, -0.15) is 0 Å². The van der Waals surface area contributed by atoms with Crippen molar-refractivity contribution in [3.05, 3.63) is 58.9 Å². The Kier molecular flexibility index (Phi) is 5.31. The van der Waals surface area contributed by atoms with Gasteiger partial charge in [0, 0.05) is 31.5 Å². The van der Waals surface area contributed by atoms with Crippen LogP contribution in [-0.4, -0.2) is 41.1 Å². The SMILES string of the molecule is CCNc1ccc(C(CO)NC(=O)c2cnc3c(c2)CN(C)C3)cc1. The van der Waals surface area contributed by atoms with Gasteiger partial charge < -0.3 is 15.7 Å². The minimum Gasteiger partial charge on any atom is -0.394 e. The van der Waals surface area contributed by atoms with Crippen molar-refractivity contribution in [1.82, 2.24) is 15.2 Å². The van der Waals surface area contributed by atoms with Crippen molar-refractivity contribution in [3.8, 4) is 0 Å². The zero-order valence-electron chi connectivity index (χ0n) is 14.6. The molecule has 3 N–H and O–H groups in total. The van der Waals surface area contributed by atoms with Crippen molar-refractivity contribution in [3.63, 3.8) is 0 Å². The number of nitrogens with one attached hydrogen (secondary N) is 2. The summed E-state index contributed by atoms with van der Waals surface area (Å²) in [6.07, 6.45) is 1.61. The fourth-order valence-electron chi connectivity index (χ4n) is 3.06. The number of carbonyl (C=O) groups is 1. The third-order valence-electron chi connectivity index (χ3n) is 4.36. The Bertz CT molecular complexity index is 746. The Balaban J connectivity index is 1.71. The van der Waals surface area contributed by atoms with Gasteiger partial charge in [-0.3, -0.25) is 14.7 Å². The number of aromatic nitrogens is 1. The molecule has 1 aromatic carbocycles. The molecule has 0 aliphatic carbocycles. The molecule has 0 fully saturated rings. The highest BCUT2D eigenvalue weighted by atomic mass is 16.3. The molecule has 2 aromatic rings. The fourth-order valence-corrected chi connectivity index (χ4v) is 3.06. The summed E-state index contributed by atoms with van der Waals surface area (Å²) in [5.41, 5.74) is 4.52. The van der Waals surface area contributed by atoms with E-state index in [2.05, 4.69) is 20.5 Å². The van der Waals surface area contributed by atoms with Crippen LogP contribution in [0.3, 0.4) is 0 Å². The Morgan fingerprint density at radius 3 is 2.76 bits per heavy atom. The van der Waals surface area contributed by atoms with Crippen LogP contribution in [0, 0.1) is 0 Å². The second-order valence-corrected chi connectivity index (χ2v) is 6.36. The molecule has 2 heterocycles. The molecule has 1 aliphatic heterocycles. The van der Waals surface area contributed by atoms with E-state index in [1.165, 1.54) is 0 Å². The van der Waals surface area contributed by atoms with Crippen molar-refractivity contribution in [2.24, 2.45) is 0 Å². The highest BCUT2D eigenvalue weighted by Gasteiger charge is 2.20. The second kappa shape index (κ2) is 7.63. The summed E-state index contributed by atoms with van der Waals surface area (Å²) < 4.78 is 0. The number of fused-ring (bicyclic) bond motifs is 1. The van der Waals surface area contributed by atoms with Gasteiger partial charge >= 0.3 is 0 Å². The molecule has 0 radical (unpaired) electrons. The quantitative estimate of drug-likeness (QED) is 0.749. The molecular weight excluding hydrogens is 316 g/mol. The van der Waals surface area contributed by atoms with E-state index < -0.39 is 6.04 Å². The first kappa shape index (κ1) is 17.4. The molecule has 0 spiro atoms. The lowest BCUT2D eigenvalue weighted by atomic mass is 10.1. The molecule has 1 aliphatic rings. The van der Waals surface area contributed by atoms with Gasteiger partial charge in [-0.05, 0) is 43.3 Å². The predicted molar refractivity (Wildman–Crippen MR) is 97.3 cm³/mol. The molecular formula is C19H24N4O2. The molecule has 3 rings (SSSR count). The number of aliphatic hydroxyl groups excluding tert-OH is 1. The van der Waals surface area contributed by atoms with Crippen molar-refractivity contribution < 1.29 is 9.90 Å². The van der Waals surface area contributed by atoms with Gasteiger partial charge in [-0.25, -0.2) is 0 Å². The monoisotopic (exact) mass is 340 g/mol. The van der Waals surface area contributed by atoms with Gasteiger partial charge in [-0.15, -0.1) is 0 Å². The van der Waals surface area contributed by atoms with Crippen molar-refractivity contribution in [1.29, 1.82) is 0 Å². The smallest absolute Gasteiger partial charge is 0.253 e. The number of carbonyl (C=O) groups excluding carboxylic acids is 1. The Morgan fingerprint density at radius 1 is 1.32 bits per heavy atom. The highest BCUT2D eigenvalue weighted by molar-refractivity contribution is 5.94. The number of amides is 1. The molecule has 1 atom stereocenters. The lowest BCUT2D eigenvalue weighted by Crippen LogP contribution is -2.31. The number of hydrogen-bond acceptors (Lipinski definition) is 5. The second-order valence-electron chi connectivity index (χ2n) is 6.36. The zero-order valence-corrected chi connectivity index (χ0v) is 14.6. The van der Waals surface area contributed by atoms with E-state index in [9.17, 15) is 9.90 Å². The van der Waals surface area contributed by atoms with Crippen LogP contribution in [0.2, 0.25) is 0 Å². The summed E-state index contributed by atoms with van der Waals surface area (Å²) in [6, 6.07) is 9.16. The van der Waals surface area contributed by atoms with Gasteiger partial charge in [0.05, 0.1) is 23.9 Å².